The van der Waals surface area contributed by atoms with Gasteiger partial charge < -0.3 is 0 Å². The lowest BCUT2D eigenvalue weighted by atomic mass is 10.0. The molecule has 0 aromatic heterocycles. The topological polar surface area (TPSA) is 20.3 Å². The van der Waals surface area contributed by atoms with Crippen molar-refractivity contribution >= 4 is 16.6 Å². The molecular formula is C26H23NO. The van der Waals surface area contributed by atoms with Crippen LogP contribution in [0.3, 0.4) is 0 Å². The zero-order chi connectivity index (χ0) is 19.3. The molecule has 0 heterocycles. The Morgan fingerprint density at radius 3 is 2.11 bits per heavy atom. The SMILES string of the molecule is CN(Cc1ccc(C(=O)c2ccccc2)cc1)Cc1cccc2ccccc12. The molecule has 0 saturated heterocycles. The molecule has 0 bridgehead atoms. The fourth-order valence-corrected chi connectivity index (χ4v) is 3.61. The van der Waals surface area contributed by atoms with Gasteiger partial charge in [-0.3, -0.25) is 9.69 Å². The maximum atomic E-state index is 12.5. The molecule has 0 N–H and O–H groups in total. The van der Waals surface area contributed by atoms with Gasteiger partial charge in [-0.2, -0.15) is 0 Å². The molecule has 0 atom stereocenters. The molecule has 0 unspecified atom stereocenters. The Hall–Kier alpha value is -3.23. The maximum Gasteiger partial charge on any atom is 0.193 e. The number of benzene rings is 4. The van der Waals surface area contributed by atoms with Gasteiger partial charge >= 0.3 is 0 Å². The van der Waals surface area contributed by atoms with Crippen LogP contribution in [0.25, 0.3) is 10.8 Å². The molecule has 0 aliphatic rings. The Kier molecular flexibility index (Phi) is 5.31. The van der Waals surface area contributed by atoms with E-state index >= 15 is 0 Å². The number of hydrogen-bond acceptors (Lipinski definition) is 2. The Bertz CT molecular complexity index is 1080. The van der Waals surface area contributed by atoms with Crippen molar-refractivity contribution in [2.45, 2.75) is 13.1 Å². The van der Waals surface area contributed by atoms with Gasteiger partial charge in [0.15, 0.2) is 5.78 Å². The summed E-state index contributed by atoms with van der Waals surface area (Å²) in [4.78, 5) is 14.8. The minimum Gasteiger partial charge on any atom is -0.298 e. The number of fused-ring (bicyclic) bond motifs is 1. The predicted octanol–water partition coefficient (Wildman–Crippen LogP) is 5.70. The molecule has 0 aliphatic heterocycles. The minimum absolute atomic E-state index is 0.0660. The van der Waals surface area contributed by atoms with E-state index in [2.05, 4.69) is 66.5 Å². The molecule has 4 aromatic rings. The largest absolute Gasteiger partial charge is 0.298 e. The summed E-state index contributed by atoms with van der Waals surface area (Å²) in [5, 5.41) is 2.58. The van der Waals surface area contributed by atoms with E-state index < -0.39 is 0 Å². The molecule has 138 valence electrons. The Morgan fingerprint density at radius 2 is 1.32 bits per heavy atom. The third kappa shape index (κ3) is 4.03. The van der Waals surface area contributed by atoms with E-state index in [0.717, 1.165) is 24.2 Å². The highest BCUT2D eigenvalue weighted by atomic mass is 16.1. The number of carbonyl (C=O) groups excluding carboxylic acids is 1. The lowest BCUT2D eigenvalue weighted by molar-refractivity contribution is 0.103. The molecule has 2 heteroatoms. The van der Waals surface area contributed by atoms with Crippen LogP contribution in [0.4, 0.5) is 0 Å². The summed E-state index contributed by atoms with van der Waals surface area (Å²) in [6.07, 6.45) is 0. The van der Waals surface area contributed by atoms with Crippen molar-refractivity contribution in [3.8, 4) is 0 Å². The third-order valence-corrected chi connectivity index (χ3v) is 5.02. The van der Waals surface area contributed by atoms with Gasteiger partial charge in [-0.1, -0.05) is 97.1 Å². The van der Waals surface area contributed by atoms with Crippen LogP contribution in [0.1, 0.15) is 27.0 Å². The predicted molar refractivity (Wildman–Crippen MR) is 115 cm³/mol. The van der Waals surface area contributed by atoms with Crippen molar-refractivity contribution in [2.24, 2.45) is 0 Å². The summed E-state index contributed by atoms with van der Waals surface area (Å²) in [6.45, 7) is 1.72. The van der Waals surface area contributed by atoms with Crippen molar-refractivity contribution in [1.29, 1.82) is 0 Å². The van der Waals surface area contributed by atoms with Crippen molar-refractivity contribution in [1.82, 2.24) is 4.90 Å². The highest BCUT2D eigenvalue weighted by Crippen LogP contribution is 2.20. The summed E-state index contributed by atoms with van der Waals surface area (Å²) < 4.78 is 0. The van der Waals surface area contributed by atoms with Gasteiger partial charge in [-0.15, -0.1) is 0 Å². The van der Waals surface area contributed by atoms with E-state index in [1.165, 1.54) is 21.9 Å². The van der Waals surface area contributed by atoms with Crippen LogP contribution in [0.5, 0.6) is 0 Å². The normalized spacial score (nSPS) is 11.1. The van der Waals surface area contributed by atoms with E-state index in [4.69, 9.17) is 0 Å². The second-order valence-electron chi connectivity index (χ2n) is 7.20. The lowest BCUT2D eigenvalue weighted by Crippen LogP contribution is -2.17. The second kappa shape index (κ2) is 8.20. The number of hydrogen-bond donors (Lipinski definition) is 0. The lowest BCUT2D eigenvalue weighted by Gasteiger charge is -2.18. The van der Waals surface area contributed by atoms with Crippen molar-refractivity contribution < 1.29 is 4.79 Å². The zero-order valence-electron chi connectivity index (χ0n) is 16.0. The number of nitrogens with zero attached hydrogens (tertiary/aromatic N) is 1. The standard InChI is InChI=1S/C26H23NO/c1-27(19-24-12-7-11-21-8-5-6-13-25(21)24)18-20-14-16-23(17-15-20)26(28)22-9-3-2-4-10-22/h2-17H,18-19H2,1H3. The first kappa shape index (κ1) is 18.1. The minimum atomic E-state index is 0.0660. The monoisotopic (exact) mass is 365 g/mol. The van der Waals surface area contributed by atoms with Crippen molar-refractivity contribution in [3.05, 3.63) is 119 Å². The fraction of sp³-hybridized carbons (Fsp3) is 0.115. The molecule has 0 fully saturated rings. The van der Waals surface area contributed by atoms with Gasteiger partial charge in [-0.25, -0.2) is 0 Å². The number of ketones is 1. The third-order valence-electron chi connectivity index (χ3n) is 5.02. The van der Waals surface area contributed by atoms with Gasteiger partial charge in [0.2, 0.25) is 0 Å². The molecule has 2 nitrogen and oxygen atoms in total. The van der Waals surface area contributed by atoms with Gasteiger partial charge in [0.1, 0.15) is 0 Å². The summed E-state index contributed by atoms with van der Waals surface area (Å²) >= 11 is 0. The highest BCUT2D eigenvalue weighted by Gasteiger charge is 2.09. The van der Waals surface area contributed by atoms with Crippen LogP contribution in [0.2, 0.25) is 0 Å². The molecule has 0 saturated carbocycles. The number of carbonyl (C=O) groups is 1. The summed E-state index contributed by atoms with van der Waals surface area (Å²) in [7, 11) is 2.13. The van der Waals surface area contributed by atoms with E-state index in [-0.39, 0.29) is 5.78 Å². The summed E-state index contributed by atoms with van der Waals surface area (Å²) in [5.41, 5.74) is 3.99. The Labute approximate surface area is 166 Å². The van der Waals surface area contributed by atoms with Crippen LogP contribution in [0, 0.1) is 0 Å². The molecule has 0 spiro atoms. The van der Waals surface area contributed by atoms with Gasteiger partial charge in [0.25, 0.3) is 0 Å². The first-order chi connectivity index (χ1) is 13.7. The van der Waals surface area contributed by atoms with E-state index in [0.29, 0.717) is 0 Å². The van der Waals surface area contributed by atoms with Crippen molar-refractivity contribution in [3.63, 3.8) is 0 Å². The van der Waals surface area contributed by atoms with Gasteiger partial charge in [-0.05, 0) is 28.9 Å². The Balaban J connectivity index is 1.45. The quantitative estimate of drug-likeness (QED) is 0.408. The first-order valence-corrected chi connectivity index (χ1v) is 9.54. The molecule has 0 amide bonds. The average Bonchev–Trinajstić information content (AvgIpc) is 2.75. The molecule has 0 radical (unpaired) electrons. The Morgan fingerprint density at radius 1 is 0.679 bits per heavy atom. The first-order valence-electron chi connectivity index (χ1n) is 9.54. The smallest absolute Gasteiger partial charge is 0.193 e. The van der Waals surface area contributed by atoms with E-state index in [9.17, 15) is 4.79 Å². The zero-order valence-corrected chi connectivity index (χ0v) is 16.0. The second-order valence-corrected chi connectivity index (χ2v) is 7.20. The van der Waals surface area contributed by atoms with E-state index in [1.54, 1.807) is 0 Å². The van der Waals surface area contributed by atoms with Crippen LogP contribution in [-0.2, 0) is 13.1 Å². The molecule has 4 aromatic carbocycles. The molecular weight excluding hydrogens is 342 g/mol. The van der Waals surface area contributed by atoms with Gasteiger partial charge in [0, 0.05) is 24.2 Å². The van der Waals surface area contributed by atoms with Gasteiger partial charge in [0.05, 0.1) is 0 Å². The van der Waals surface area contributed by atoms with Crippen LogP contribution in [-0.4, -0.2) is 17.7 Å². The van der Waals surface area contributed by atoms with Crippen molar-refractivity contribution in [2.75, 3.05) is 7.05 Å². The average molecular weight is 365 g/mol. The van der Waals surface area contributed by atoms with Crippen LogP contribution < -0.4 is 0 Å². The maximum absolute atomic E-state index is 12.5. The molecule has 4 rings (SSSR count). The van der Waals surface area contributed by atoms with Crippen LogP contribution >= 0.6 is 0 Å². The van der Waals surface area contributed by atoms with Crippen LogP contribution in [0.15, 0.2) is 97.1 Å². The number of rotatable bonds is 6. The fourth-order valence-electron chi connectivity index (χ4n) is 3.61. The summed E-state index contributed by atoms with van der Waals surface area (Å²) in [5.74, 6) is 0.0660. The summed E-state index contributed by atoms with van der Waals surface area (Å²) in [6, 6.07) is 32.4. The molecule has 28 heavy (non-hydrogen) atoms. The molecule has 0 aliphatic carbocycles. The van der Waals surface area contributed by atoms with E-state index in [1.807, 2.05) is 42.5 Å². The highest BCUT2D eigenvalue weighted by molar-refractivity contribution is 6.08.